The molecule has 0 bridgehead atoms. The Hall–Kier alpha value is -0.340. The Morgan fingerprint density at radius 3 is 2.70 bits per heavy atom. The lowest BCUT2D eigenvalue weighted by molar-refractivity contribution is 0.450. The smallest absolute Gasteiger partial charge is 0.150 e. The maximum atomic E-state index is 11.6. The molecule has 3 rings (SSSR count). The maximum absolute atomic E-state index is 11.6. The fourth-order valence-electron chi connectivity index (χ4n) is 2.76. The Morgan fingerprint density at radius 1 is 1.35 bits per heavy atom. The van der Waals surface area contributed by atoms with Crippen molar-refractivity contribution in [3.63, 3.8) is 0 Å². The molecule has 1 aromatic carbocycles. The fourth-order valence-corrected chi connectivity index (χ4v) is 4.89. The summed E-state index contributed by atoms with van der Waals surface area (Å²) in [5.41, 5.74) is 1.98. The van der Waals surface area contributed by atoms with E-state index in [0.29, 0.717) is 18.7 Å². The van der Waals surface area contributed by atoms with E-state index in [-0.39, 0.29) is 17.5 Å². The Morgan fingerprint density at radius 2 is 2.05 bits per heavy atom. The van der Waals surface area contributed by atoms with Crippen LogP contribution in [0.3, 0.4) is 0 Å². The van der Waals surface area contributed by atoms with Gasteiger partial charge in [-0.2, -0.15) is 0 Å². The van der Waals surface area contributed by atoms with Crippen molar-refractivity contribution < 1.29 is 8.42 Å². The SMILES string of the molecule is O=S1(=O)CCC(n2c(CCl)nc3cc(I)ccc32)CC1. The van der Waals surface area contributed by atoms with Gasteiger partial charge in [-0.05, 0) is 53.6 Å². The minimum atomic E-state index is -2.85. The molecular weight excluding hydrogens is 411 g/mol. The molecule has 2 aromatic rings. The van der Waals surface area contributed by atoms with Gasteiger partial charge in [0.05, 0.1) is 28.4 Å². The number of halogens is 2. The molecule has 1 aliphatic heterocycles. The molecule has 1 aliphatic rings. The van der Waals surface area contributed by atoms with Crippen molar-refractivity contribution in [3.8, 4) is 0 Å². The van der Waals surface area contributed by atoms with Gasteiger partial charge in [0, 0.05) is 9.61 Å². The molecule has 0 amide bonds. The Bertz CT molecular complexity index is 743. The van der Waals surface area contributed by atoms with Crippen molar-refractivity contribution >= 4 is 55.1 Å². The number of hydrogen-bond donors (Lipinski definition) is 0. The lowest BCUT2D eigenvalue weighted by Gasteiger charge is -2.25. The Balaban J connectivity index is 2.06. The average molecular weight is 425 g/mol. The van der Waals surface area contributed by atoms with E-state index in [1.807, 2.05) is 18.2 Å². The van der Waals surface area contributed by atoms with E-state index in [2.05, 4.69) is 32.1 Å². The van der Waals surface area contributed by atoms with Crippen LogP contribution in [0.2, 0.25) is 0 Å². The van der Waals surface area contributed by atoms with Crippen LogP contribution in [0.15, 0.2) is 18.2 Å². The molecule has 0 atom stereocenters. The van der Waals surface area contributed by atoms with Crippen molar-refractivity contribution in [2.24, 2.45) is 0 Å². The van der Waals surface area contributed by atoms with Gasteiger partial charge < -0.3 is 4.57 Å². The van der Waals surface area contributed by atoms with Gasteiger partial charge >= 0.3 is 0 Å². The van der Waals surface area contributed by atoms with Crippen LogP contribution in [0.5, 0.6) is 0 Å². The first kappa shape index (κ1) is 14.6. The van der Waals surface area contributed by atoms with Gasteiger partial charge in [0.25, 0.3) is 0 Å². The highest BCUT2D eigenvalue weighted by Crippen LogP contribution is 2.30. The average Bonchev–Trinajstić information content (AvgIpc) is 2.76. The zero-order valence-electron chi connectivity index (χ0n) is 10.7. The molecule has 0 spiro atoms. The molecule has 1 fully saturated rings. The van der Waals surface area contributed by atoms with Crippen LogP contribution in [0.4, 0.5) is 0 Å². The van der Waals surface area contributed by atoms with Crippen LogP contribution in [0.25, 0.3) is 11.0 Å². The van der Waals surface area contributed by atoms with E-state index in [9.17, 15) is 8.42 Å². The number of fused-ring (bicyclic) bond motifs is 1. The molecule has 0 unspecified atom stereocenters. The molecule has 2 heterocycles. The standard InChI is InChI=1S/C13H14ClIN2O2S/c14-8-13-16-11-7-9(15)1-2-12(11)17(13)10-3-5-20(18,19)6-4-10/h1-2,7,10H,3-6,8H2. The number of nitrogens with zero attached hydrogens (tertiary/aromatic N) is 2. The van der Waals surface area contributed by atoms with Crippen LogP contribution >= 0.6 is 34.2 Å². The normalized spacial score (nSPS) is 19.5. The molecular formula is C13H14ClIN2O2S. The van der Waals surface area contributed by atoms with E-state index >= 15 is 0 Å². The molecule has 7 heteroatoms. The summed E-state index contributed by atoms with van der Waals surface area (Å²) in [6, 6.07) is 6.29. The second-order valence-corrected chi connectivity index (χ2v) is 8.86. The highest BCUT2D eigenvalue weighted by molar-refractivity contribution is 14.1. The van der Waals surface area contributed by atoms with Gasteiger partial charge in [-0.1, -0.05) is 0 Å². The summed E-state index contributed by atoms with van der Waals surface area (Å²) in [5.74, 6) is 1.68. The van der Waals surface area contributed by atoms with E-state index in [1.165, 1.54) is 0 Å². The Kier molecular flexibility index (Phi) is 3.98. The molecule has 0 saturated carbocycles. The van der Waals surface area contributed by atoms with Gasteiger partial charge in [0.15, 0.2) is 0 Å². The van der Waals surface area contributed by atoms with Crippen molar-refractivity contribution in [1.82, 2.24) is 9.55 Å². The summed E-state index contributed by atoms with van der Waals surface area (Å²) in [7, 11) is -2.85. The summed E-state index contributed by atoms with van der Waals surface area (Å²) in [6.07, 6.45) is 1.29. The molecule has 1 aromatic heterocycles. The quantitative estimate of drug-likeness (QED) is 0.550. The van der Waals surface area contributed by atoms with Gasteiger partial charge in [-0.3, -0.25) is 0 Å². The Labute approximate surface area is 136 Å². The molecule has 108 valence electrons. The topological polar surface area (TPSA) is 52.0 Å². The predicted molar refractivity (Wildman–Crippen MR) is 88.9 cm³/mol. The largest absolute Gasteiger partial charge is 0.324 e. The van der Waals surface area contributed by atoms with Crippen LogP contribution in [-0.2, 0) is 15.7 Å². The first-order valence-electron chi connectivity index (χ1n) is 6.43. The summed E-state index contributed by atoms with van der Waals surface area (Å²) in [5, 5.41) is 0. The third kappa shape index (κ3) is 2.69. The lowest BCUT2D eigenvalue weighted by Crippen LogP contribution is -2.26. The highest BCUT2D eigenvalue weighted by atomic mass is 127. The van der Waals surface area contributed by atoms with Crippen LogP contribution in [0.1, 0.15) is 24.7 Å². The lowest BCUT2D eigenvalue weighted by atomic mass is 10.1. The third-order valence-corrected chi connectivity index (χ3v) is 6.36. The van der Waals surface area contributed by atoms with E-state index in [0.717, 1.165) is 20.4 Å². The van der Waals surface area contributed by atoms with Gasteiger partial charge in [0.2, 0.25) is 0 Å². The molecule has 1 saturated heterocycles. The third-order valence-electron chi connectivity index (χ3n) is 3.73. The number of benzene rings is 1. The van der Waals surface area contributed by atoms with Gasteiger partial charge in [0.1, 0.15) is 15.7 Å². The number of hydrogen-bond acceptors (Lipinski definition) is 3. The van der Waals surface area contributed by atoms with Crippen molar-refractivity contribution in [2.75, 3.05) is 11.5 Å². The molecule has 4 nitrogen and oxygen atoms in total. The summed E-state index contributed by atoms with van der Waals surface area (Å²) < 4.78 is 26.4. The van der Waals surface area contributed by atoms with Crippen molar-refractivity contribution in [1.29, 1.82) is 0 Å². The monoisotopic (exact) mass is 424 g/mol. The summed E-state index contributed by atoms with van der Waals surface area (Å²) in [6.45, 7) is 0. The second kappa shape index (κ2) is 5.46. The van der Waals surface area contributed by atoms with Crippen molar-refractivity contribution in [2.45, 2.75) is 24.8 Å². The van der Waals surface area contributed by atoms with E-state index in [1.54, 1.807) is 0 Å². The summed E-state index contributed by atoms with van der Waals surface area (Å²) in [4.78, 5) is 4.58. The molecule has 0 aliphatic carbocycles. The molecule has 20 heavy (non-hydrogen) atoms. The van der Waals surface area contributed by atoms with Crippen LogP contribution in [-0.4, -0.2) is 29.5 Å². The number of aromatic nitrogens is 2. The number of rotatable bonds is 2. The molecule has 0 N–H and O–H groups in total. The minimum absolute atomic E-state index is 0.178. The van der Waals surface area contributed by atoms with Crippen LogP contribution in [0, 0.1) is 3.57 Å². The van der Waals surface area contributed by atoms with Gasteiger partial charge in [-0.25, -0.2) is 13.4 Å². The van der Waals surface area contributed by atoms with Gasteiger partial charge in [-0.15, -0.1) is 11.6 Å². The fraction of sp³-hybridized carbons (Fsp3) is 0.462. The zero-order valence-corrected chi connectivity index (χ0v) is 14.4. The maximum Gasteiger partial charge on any atom is 0.150 e. The molecule has 0 radical (unpaired) electrons. The van der Waals surface area contributed by atoms with E-state index in [4.69, 9.17) is 11.6 Å². The van der Waals surface area contributed by atoms with Crippen molar-refractivity contribution in [3.05, 3.63) is 27.6 Å². The first-order chi connectivity index (χ1) is 9.50. The predicted octanol–water partition coefficient (Wildman–Crippen LogP) is 3.13. The summed E-state index contributed by atoms with van der Waals surface area (Å²) >= 11 is 8.27. The number of sulfone groups is 1. The zero-order chi connectivity index (χ0) is 14.3. The number of imidazole rings is 1. The van der Waals surface area contributed by atoms with E-state index < -0.39 is 9.84 Å². The highest BCUT2D eigenvalue weighted by Gasteiger charge is 2.27. The number of alkyl halides is 1. The first-order valence-corrected chi connectivity index (χ1v) is 9.86. The minimum Gasteiger partial charge on any atom is -0.324 e. The van der Waals surface area contributed by atoms with Crippen LogP contribution < -0.4 is 0 Å². The second-order valence-electron chi connectivity index (χ2n) is 5.05.